The molecule has 1 fully saturated rings. The topological polar surface area (TPSA) is 48.7 Å². The second-order valence-electron chi connectivity index (χ2n) is 7.03. The van der Waals surface area contributed by atoms with E-state index in [0.29, 0.717) is 5.76 Å². The van der Waals surface area contributed by atoms with E-state index in [1.807, 2.05) is 36.4 Å². The van der Waals surface area contributed by atoms with E-state index in [-0.39, 0.29) is 5.91 Å². The Morgan fingerprint density at radius 2 is 1.85 bits per heavy atom. The second-order valence-corrected chi connectivity index (χ2v) is 7.03. The van der Waals surface area contributed by atoms with Crippen LogP contribution in [-0.4, -0.2) is 43.5 Å². The number of para-hydroxylation sites is 1. The summed E-state index contributed by atoms with van der Waals surface area (Å²) in [7, 11) is 0. The summed E-state index contributed by atoms with van der Waals surface area (Å²) in [6.45, 7) is 9.69. The first-order valence-corrected chi connectivity index (χ1v) is 9.52. The number of piperazine rings is 1. The maximum atomic E-state index is 12.5. The van der Waals surface area contributed by atoms with Crippen LogP contribution in [0, 0.1) is 6.92 Å². The van der Waals surface area contributed by atoms with Gasteiger partial charge in [0.1, 0.15) is 5.58 Å². The van der Waals surface area contributed by atoms with Crippen LogP contribution >= 0.6 is 0 Å². The number of amides is 1. The summed E-state index contributed by atoms with van der Waals surface area (Å²) in [5.74, 6) is 0.100. The van der Waals surface area contributed by atoms with Gasteiger partial charge in [-0.05, 0) is 49.4 Å². The molecule has 0 spiro atoms. The fraction of sp³-hybridized carbons (Fsp3) is 0.318. The Labute approximate surface area is 159 Å². The van der Waals surface area contributed by atoms with Crippen LogP contribution in [0.5, 0.6) is 0 Å². The van der Waals surface area contributed by atoms with E-state index < -0.39 is 0 Å². The monoisotopic (exact) mass is 363 g/mol. The maximum Gasteiger partial charge on any atom is 0.291 e. The van der Waals surface area contributed by atoms with Crippen LogP contribution in [0.15, 0.2) is 52.9 Å². The Kier molecular flexibility index (Phi) is 4.86. The van der Waals surface area contributed by atoms with E-state index in [1.165, 1.54) is 11.3 Å². The number of hydrogen-bond acceptors (Lipinski definition) is 4. The molecule has 0 aliphatic carbocycles. The third kappa shape index (κ3) is 3.69. The number of carbonyl (C=O) groups is 1. The molecule has 1 aromatic heterocycles. The molecule has 1 aliphatic heterocycles. The van der Waals surface area contributed by atoms with Gasteiger partial charge in [-0.3, -0.25) is 4.79 Å². The van der Waals surface area contributed by atoms with Gasteiger partial charge in [0.05, 0.1) is 0 Å². The van der Waals surface area contributed by atoms with Crippen molar-refractivity contribution in [2.24, 2.45) is 0 Å². The van der Waals surface area contributed by atoms with Gasteiger partial charge in [0, 0.05) is 42.9 Å². The quantitative estimate of drug-likeness (QED) is 0.757. The molecule has 1 saturated heterocycles. The van der Waals surface area contributed by atoms with Crippen molar-refractivity contribution in [3.8, 4) is 0 Å². The lowest BCUT2D eigenvalue weighted by atomic mass is 10.1. The molecule has 0 saturated carbocycles. The van der Waals surface area contributed by atoms with E-state index in [1.54, 1.807) is 6.07 Å². The lowest BCUT2D eigenvalue weighted by Crippen LogP contribution is -2.46. The zero-order valence-corrected chi connectivity index (χ0v) is 15.9. The van der Waals surface area contributed by atoms with Gasteiger partial charge in [-0.2, -0.15) is 0 Å². The standard InChI is InChI=1S/C22H25N3O2/c1-3-24-10-12-25(13-11-24)19-9-8-18(14-16(19)2)23-22(26)21-15-17-6-4-5-7-20(17)27-21/h4-9,14-15H,3,10-13H2,1-2H3,(H,23,26). The number of likely N-dealkylation sites (N-methyl/N-ethyl adjacent to an activating group) is 1. The Morgan fingerprint density at radius 1 is 1.07 bits per heavy atom. The van der Waals surface area contributed by atoms with Crippen molar-refractivity contribution in [3.05, 3.63) is 59.9 Å². The Hall–Kier alpha value is -2.79. The fourth-order valence-electron chi connectivity index (χ4n) is 3.68. The molecule has 4 rings (SSSR count). The fourth-order valence-corrected chi connectivity index (χ4v) is 3.68. The van der Waals surface area contributed by atoms with Crippen LogP contribution in [-0.2, 0) is 0 Å². The average Bonchev–Trinajstić information content (AvgIpc) is 3.13. The van der Waals surface area contributed by atoms with Crippen molar-refractivity contribution < 1.29 is 9.21 Å². The molecular formula is C22H25N3O2. The summed E-state index contributed by atoms with van der Waals surface area (Å²) in [4.78, 5) is 17.4. The first-order valence-electron chi connectivity index (χ1n) is 9.52. The number of benzene rings is 2. The molecule has 1 aliphatic rings. The number of furan rings is 1. The second kappa shape index (κ2) is 7.45. The molecule has 2 heterocycles. The maximum absolute atomic E-state index is 12.5. The normalized spacial score (nSPS) is 15.3. The van der Waals surface area contributed by atoms with Crippen LogP contribution in [0.2, 0.25) is 0 Å². The zero-order valence-electron chi connectivity index (χ0n) is 15.9. The minimum Gasteiger partial charge on any atom is -0.451 e. The predicted octanol–water partition coefficient (Wildman–Crippen LogP) is 4.14. The highest BCUT2D eigenvalue weighted by molar-refractivity contribution is 6.04. The third-order valence-corrected chi connectivity index (χ3v) is 5.26. The lowest BCUT2D eigenvalue weighted by Gasteiger charge is -2.36. The van der Waals surface area contributed by atoms with Crippen molar-refractivity contribution in [2.75, 3.05) is 42.9 Å². The van der Waals surface area contributed by atoms with E-state index in [9.17, 15) is 4.79 Å². The summed E-state index contributed by atoms with van der Waals surface area (Å²) in [5, 5.41) is 3.88. The van der Waals surface area contributed by atoms with E-state index in [4.69, 9.17) is 4.42 Å². The van der Waals surface area contributed by atoms with Gasteiger partial charge in [-0.1, -0.05) is 25.1 Å². The molecule has 1 amide bonds. The Bertz CT molecular complexity index is 922. The van der Waals surface area contributed by atoms with Crippen molar-refractivity contribution in [3.63, 3.8) is 0 Å². The lowest BCUT2D eigenvalue weighted by molar-refractivity contribution is 0.0998. The molecule has 0 bridgehead atoms. The SMILES string of the molecule is CCN1CCN(c2ccc(NC(=O)c3cc4ccccc4o3)cc2C)CC1. The van der Waals surface area contributed by atoms with Gasteiger partial charge in [0.15, 0.2) is 5.76 Å². The molecule has 27 heavy (non-hydrogen) atoms. The van der Waals surface area contributed by atoms with Crippen molar-refractivity contribution in [1.29, 1.82) is 0 Å². The number of aryl methyl sites for hydroxylation is 1. The first-order chi connectivity index (χ1) is 13.1. The number of nitrogens with zero attached hydrogens (tertiary/aromatic N) is 2. The molecule has 0 radical (unpaired) electrons. The average molecular weight is 363 g/mol. The van der Waals surface area contributed by atoms with Crippen molar-refractivity contribution in [1.82, 2.24) is 4.90 Å². The van der Waals surface area contributed by atoms with Gasteiger partial charge < -0.3 is 19.5 Å². The number of fused-ring (bicyclic) bond motifs is 1. The molecule has 3 aromatic rings. The van der Waals surface area contributed by atoms with Crippen LogP contribution in [0.25, 0.3) is 11.0 Å². The summed E-state index contributed by atoms with van der Waals surface area (Å²) < 4.78 is 5.65. The molecule has 5 nitrogen and oxygen atoms in total. The van der Waals surface area contributed by atoms with Crippen LogP contribution in [0.4, 0.5) is 11.4 Å². The van der Waals surface area contributed by atoms with Gasteiger partial charge in [-0.15, -0.1) is 0 Å². The molecule has 2 aromatic carbocycles. The van der Waals surface area contributed by atoms with Crippen LogP contribution in [0.3, 0.4) is 0 Å². The first kappa shape index (κ1) is 17.6. The molecule has 1 N–H and O–H groups in total. The van der Waals surface area contributed by atoms with E-state index >= 15 is 0 Å². The summed E-state index contributed by atoms with van der Waals surface area (Å²) >= 11 is 0. The van der Waals surface area contributed by atoms with Gasteiger partial charge in [0.2, 0.25) is 0 Å². The molecule has 0 atom stereocenters. The molecule has 0 unspecified atom stereocenters. The van der Waals surface area contributed by atoms with Crippen LogP contribution in [0.1, 0.15) is 23.0 Å². The highest BCUT2D eigenvalue weighted by Crippen LogP contribution is 2.26. The molecule has 5 heteroatoms. The number of rotatable bonds is 4. The van der Waals surface area contributed by atoms with Crippen molar-refractivity contribution in [2.45, 2.75) is 13.8 Å². The van der Waals surface area contributed by atoms with Gasteiger partial charge in [0.25, 0.3) is 5.91 Å². The summed E-state index contributed by atoms with van der Waals surface area (Å²) in [6, 6.07) is 15.5. The minimum absolute atomic E-state index is 0.227. The smallest absolute Gasteiger partial charge is 0.291 e. The third-order valence-electron chi connectivity index (χ3n) is 5.26. The number of hydrogen-bond donors (Lipinski definition) is 1. The van der Waals surface area contributed by atoms with Crippen LogP contribution < -0.4 is 10.2 Å². The highest BCUT2D eigenvalue weighted by atomic mass is 16.3. The number of carbonyl (C=O) groups excluding carboxylic acids is 1. The number of nitrogens with one attached hydrogen (secondary N) is 1. The minimum atomic E-state index is -0.227. The molecule has 140 valence electrons. The Balaban J connectivity index is 1.46. The predicted molar refractivity (Wildman–Crippen MR) is 110 cm³/mol. The highest BCUT2D eigenvalue weighted by Gasteiger charge is 2.18. The largest absolute Gasteiger partial charge is 0.451 e. The van der Waals surface area contributed by atoms with E-state index in [2.05, 4.69) is 35.0 Å². The van der Waals surface area contributed by atoms with Gasteiger partial charge >= 0.3 is 0 Å². The summed E-state index contributed by atoms with van der Waals surface area (Å²) in [6.07, 6.45) is 0. The van der Waals surface area contributed by atoms with E-state index in [0.717, 1.165) is 49.4 Å². The van der Waals surface area contributed by atoms with Gasteiger partial charge in [-0.25, -0.2) is 0 Å². The number of anilines is 2. The molecular weight excluding hydrogens is 338 g/mol. The zero-order chi connectivity index (χ0) is 18.8. The Morgan fingerprint density at radius 3 is 2.56 bits per heavy atom. The van der Waals surface area contributed by atoms with Crippen molar-refractivity contribution >= 4 is 28.3 Å². The summed E-state index contributed by atoms with van der Waals surface area (Å²) in [5.41, 5.74) is 3.92.